The largest absolute Gasteiger partial charge is 0.391 e. The van der Waals surface area contributed by atoms with Crippen LogP contribution in [0, 0.1) is 5.82 Å². The molecular weight excluding hydrogens is 417 g/mol. The maximum atomic E-state index is 13.3. The molecule has 0 unspecified atom stereocenters. The number of rotatable bonds is 6. The van der Waals surface area contributed by atoms with Gasteiger partial charge in [0.2, 0.25) is 0 Å². The summed E-state index contributed by atoms with van der Waals surface area (Å²) in [7, 11) is -3.76. The van der Waals surface area contributed by atoms with E-state index in [2.05, 4.69) is 4.98 Å². The van der Waals surface area contributed by atoms with E-state index in [1.54, 1.807) is 49.4 Å². The molecule has 1 aliphatic rings. The van der Waals surface area contributed by atoms with Crippen molar-refractivity contribution in [3.05, 3.63) is 84.3 Å². The predicted octanol–water partition coefficient (Wildman–Crippen LogP) is 3.75. The van der Waals surface area contributed by atoms with Crippen LogP contribution in [0.25, 0.3) is 0 Å². The molecule has 1 aromatic heterocycles. The first-order valence-electron chi connectivity index (χ1n) is 10.1. The molecule has 8 heteroatoms. The number of sulfonamides is 1. The van der Waals surface area contributed by atoms with Crippen LogP contribution in [-0.2, 0) is 10.0 Å². The number of benzene rings is 2. The number of anilines is 2. The highest BCUT2D eigenvalue weighted by Gasteiger charge is 2.33. The molecule has 2 atom stereocenters. The van der Waals surface area contributed by atoms with Crippen molar-refractivity contribution in [3.63, 3.8) is 0 Å². The number of aromatic nitrogens is 1. The highest BCUT2D eigenvalue weighted by molar-refractivity contribution is 7.92. The van der Waals surface area contributed by atoms with Gasteiger partial charge in [-0.25, -0.2) is 17.8 Å². The van der Waals surface area contributed by atoms with E-state index < -0.39 is 16.1 Å². The summed E-state index contributed by atoms with van der Waals surface area (Å²) in [5.41, 5.74) is 1.46. The second-order valence-corrected chi connectivity index (χ2v) is 9.33. The van der Waals surface area contributed by atoms with Crippen molar-refractivity contribution in [2.75, 3.05) is 22.3 Å². The molecule has 1 fully saturated rings. The zero-order chi connectivity index (χ0) is 22.0. The first-order chi connectivity index (χ1) is 14.9. The molecule has 0 radical (unpaired) electrons. The van der Waals surface area contributed by atoms with Crippen molar-refractivity contribution < 1.29 is 17.9 Å². The molecule has 31 heavy (non-hydrogen) atoms. The van der Waals surface area contributed by atoms with E-state index in [0.717, 1.165) is 5.56 Å². The van der Waals surface area contributed by atoms with Gasteiger partial charge in [-0.2, -0.15) is 0 Å². The van der Waals surface area contributed by atoms with Crippen LogP contribution in [0.3, 0.4) is 0 Å². The predicted molar refractivity (Wildman–Crippen MR) is 118 cm³/mol. The number of nitrogens with zero attached hydrogens (tertiary/aromatic N) is 3. The monoisotopic (exact) mass is 441 g/mol. The van der Waals surface area contributed by atoms with Crippen LogP contribution in [0.4, 0.5) is 15.9 Å². The van der Waals surface area contributed by atoms with Gasteiger partial charge in [0.25, 0.3) is 10.0 Å². The lowest BCUT2D eigenvalue weighted by molar-refractivity contribution is 0.194. The van der Waals surface area contributed by atoms with E-state index in [9.17, 15) is 17.9 Å². The average molecular weight is 442 g/mol. The van der Waals surface area contributed by atoms with Crippen LogP contribution >= 0.6 is 0 Å². The van der Waals surface area contributed by atoms with Gasteiger partial charge in [0.05, 0.1) is 17.8 Å². The molecule has 4 rings (SSSR count). The van der Waals surface area contributed by atoms with Crippen molar-refractivity contribution >= 4 is 21.5 Å². The van der Waals surface area contributed by atoms with Crippen molar-refractivity contribution in [2.24, 2.45) is 0 Å². The molecule has 0 bridgehead atoms. The van der Waals surface area contributed by atoms with Gasteiger partial charge in [-0.1, -0.05) is 30.3 Å². The number of halogens is 1. The summed E-state index contributed by atoms with van der Waals surface area (Å²) in [6.45, 7) is 2.44. The van der Waals surface area contributed by atoms with Gasteiger partial charge in [0.1, 0.15) is 16.5 Å². The maximum absolute atomic E-state index is 13.3. The number of hydrogen-bond acceptors (Lipinski definition) is 5. The Morgan fingerprint density at radius 3 is 2.42 bits per heavy atom. The maximum Gasteiger partial charge on any atom is 0.265 e. The van der Waals surface area contributed by atoms with Crippen molar-refractivity contribution in [3.8, 4) is 0 Å². The summed E-state index contributed by atoms with van der Waals surface area (Å²) in [5.74, 6) is 0.244. The third kappa shape index (κ3) is 4.26. The van der Waals surface area contributed by atoms with Crippen LogP contribution in [0.5, 0.6) is 0 Å². The summed E-state index contributed by atoms with van der Waals surface area (Å²) in [6.07, 6.45) is 1.29. The fourth-order valence-corrected chi connectivity index (χ4v) is 5.40. The Labute approximate surface area is 181 Å². The van der Waals surface area contributed by atoms with Crippen molar-refractivity contribution in [1.29, 1.82) is 0 Å². The third-order valence-corrected chi connectivity index (χ3v) is 7.35. The minimum Gasteiger partial charge on any atom is -0.391 e. The van der Waals surface area contributed by atoms with E-state index in [0.29, 0.717) is 31.0 Å². The molecule has 0 aliphatic carbocycles. The highest BCUT2D eigenvalue weighted by atomic mass is 32.2. The lowest BCUT2D eigenvalue weighted by atomic mass is 10.0. The highest BCUT2D eigenvalue weighted by Crippen LogP contribution is 2.36. The Hall–Kier alpha value is -2.97. The van der Waals surface area contributed by atoms with Crippen LogP contribution < -0.4 is 9.21 Å². The zero-order valence-electron chi connectivity index (χ0n) is 17.1. The topological polar surface area (TPSA) is 73.7 Å². The molecule has 1 saturated heterocycles. The summed E-state index contributed by atoms with van der Waals surface area (Å²) < 4.78 is 41.0. The van der Waals surface area contributed by atoms with Gasteiger partial charge in [-0.3, -0.25) is 4.31 Å². The molecule has 0 saturated carbocycles. The Morgan fingerprint density at radius 1 is 1.10 bits per heavy atom. The Balaban J connectivity index is 1.62. The molecule has 1 N–H and O–H groups in total. The zero-order valence-corrected chi connectivity index (χ0v) is 17.9. The summed E-state index contributed by atoms with van der Waals surface area (Å²) in [4.78, 5) is 6.42. The minimum atomic E-state index is -3.76. The fraction of sp³-hybridized carbons (Fsp3) is 0.261. The fourth-order valence-electron chi connectivity index (χ4n) is 3.98. The number of β-amino-alcohol motifs (C(OH)–C–C–N with tert-alkyl or cyclic N) is 1. The summed E-state index contributed by atoms with van der Waals surface area (Å²) in [6, 6.07) is 18.1. The molecule has 0 amide bonds. The molecule has 1 aliphatic heterocycles. The number of aliphatic hydroxyl groups is 1. The van der Waals surface area contributed by atoms with Gasteiger partial charge in [-0.15, -0.1) is 0 Å². The van der Waals surface area contributed by atoms with E-state index in [1.165, 1.54) is 28.7 Å². The summed E-state index contributed by atoms with van der Waals surface area (Å²) in [5, 5.41) is 10.2. The van der Waals surface area contributed by atoms with E-state index in [-0.39, 0.29) is 16.8 Å². The van der Waals surface area contributed by atoms with Crippen LogP contribution in [0.15, 0.2) is 77.8 Å². The average Bonchev–Trinajstić information content (AvgIpc) is 3.17. The van der Waals surface area contributed by atoms with Gasteiger partial charge in [-0.05, 0) is 55.3 Å². The van der Waals surface area contributed by atoms with E-state index in [4.69, 9.17) is 0 Å². The van der Waals surface area contributed by atoms with E-state index in [1.807, 2.05) is 11.0 Å². The van der Waals surface area contributed by atoms with Crippen molar-refractivity contribution in [2.45, 2.75) is 30.4 Å². The molecule has 6 nitrogen and oxygen atoms in total. The third-order valence-electron chi connectivity index (χ3n) is 5.47. The lowest BCUT2D eigenvalue weighted by Crippen LogP contribution is -2.31. The SMILES string of the molecule is CCN(c1ccccc1)S(=O)(=O)c1ccc(N2C[C@@H](O)C[C@H]2c2ccc(F)cc2)nc1. The Morgan fingerprint density at radius 2 is 1.81 bits per heavy atom. The number of aliphatic hydroxyl groups excluding tert-OH is 1. The van der Waals surface area contributed by atoms with Gasteiger partial charge in [0, 0.05) is 19.3 Å². The Bertz CT molecular complexity index is 1120. The second-order valence-electron chi connectivity index (χ2n) is 7.47. The number of pyridine rings is 1. The summed E-state index contributed by atoms with van der Waals surface area (Å²) >= 11 is 0. The lowest BCUT2D eigenvalue weighted by Gasteiger charge is -2.26. The Kier molecular flexibility index (Phi) is 5.93. The van der Waals surface area contributed by atoms with Gasteiger partial charge in [0.15, 0.2) is 0 Å². The number of hydrogen-bond donors (Lipinski definition) is 1. The van der Waals surface area contributed by atoms with Crippen LogP contribution in [0.1, 0.15) is 24.9 Å². The molecule has 3 aromatic rings. The van der Waals surface area contributed by atoms with Gasteiger partial charge < -0.3 is 10.0 Å². The standard InChI is InChI=1S/C23H24FN3O3S/c1-2-27(19-6-4-3-5-7-19)31(29,30)21-12-13-23(25-15-21)26-16-20(28)14-22(26)17-8-10-18(24)11-9-17/h3-13,15,20,22,28H,2,14,16H2,1H3/t20-,22-/m0/s1. The molecule has 2 heterocycles. The minimum absolute atomic E-state index is 0.0973. The molecule has 162 valence electrons. The van der Waals surface area contributed by atoms with Crippen LogP contribution in [0.2, 0.25) is 0 Å². The smallest absolute Gasteiger partial charge is 0.265 e. The molecular formula is C23H24FN3O3S. The molecule has 0 spiro atoms. The van der Waals surface area contributed by atoms with Crippen LogP contribution in [-0.4, -0.2) is 37.7 Å². The first-order valence-corrected chi connectivity index (χ1v) is 11.6. The van der Waals surface area contributed by atoms with Gasteiger partial charge >= 0.3 is 0 Å². The number of para-hydroxylation sites is 1. The first kappa shape index (κ1) is 21.3. The second kappa shape index (κ2) is 8.64. The van der Waals surface area contributed by atoms with E-state index >= 15 is 0 Å². The molecule has 2 aromatic carbocycles. The quantitative estimate of drug-likeness (QED) is 0.631. The normalized spacial score (nSPS) is 18.9. The van der Waals surface area contributed by atoms with Crippen molar-refractivity contribution in [1.82, 2.24) is 4.98 Å².